The fourth-order valence-electron chi connectivity index (χ4n) is 1.26. The van der Waals surface area contributed by atoms with Crippen molar-refractivity contribution in [2.24, 2.45) is 5.73 Å². The van der Waals surface area contributed by atoms with Gasteiger partial charge in [-0.2, -0.15) is 0 Å². The van der Waals surface area contributed by atoms with Crippen LogP contribution in [0.1, 0.15) is 11.6 Å². The van der Waals surface area contributed by atoms with E-state index in [9.17, 15) is 15.2 Å². The highest BCUT2D eigenvalue weighted by atomic mass is 16.6. The van der Waals surface area contributed by atoms with Gasteiger partial charge in [0, 0.05) is 11.6 Å². The molecule has 3 N–H and O–H groups in total. The largest absolute Gasteiger partial charge is 0.504 e. The van der Waals surface area contributed by atoms with Crippen molar-refractivity contribution in [3.05, 3.63) is 40.5 Å². The van der Waals surface area contributed by atoms with Gasteiger partial charge in [-0.1, -0.05) is 6.08 Å². The van der Waals surface area contributed by atoms with Crippen LogP contribution in [0.2, 0.25) is 0 Å². The minimum absolute atomic E-state index is 0.0153. The summed E-state index contributed by atoms with van der Waals surface area (Å²) in [4.78, 5) is 10.1. The summed E-state index contributed by atoms with van der Waals surface area (Å²) in [5.74, 6) is -0.193. The third-order valence-corrected chi connectivity index (χ3v) is 2.13. The van der Waals surface area contributed by atoms with Crippen LogP contribution in [0.5, 0.6) is 11.5 Å². The van der Waals surface area contributed by atoms with Gasteiger partial charge in [0.15, 0.2) is 11.5 Å². The zero-order chi connectivity index (χ0) is 12.3. The average molecular weight is 224 g/mol. The molecule has 0 unspecified atom stereocenters. The molecule has 0 aliphatic rings. The van der Waals surface area contributed by atoms with Gasteiger partial charge in [-0.25, -0.2) is 0 Å². The number of phenols is 1. The lowest BCUT2D eigenvalue weighted by Gasteiger charge is -2.11. The Morgan fingerprint density at radius 2 is 2.31 bits per heavy atom. The lowest BCUT2D eigenvalue weighted by molar-refractivity contribution is -0.385. The van der Waals surface area contributed by atoms with E-state index in [0.29, 0.717) is 0 Å². The van der Waals surface area contributed by atoms with Gasteiger partial charge >= 0.3 is 0 Å². The molecule has 0 radical (unpaired) electrons. The normalized spacial score (nSPS) is 11.9. The zero-order valence-electron chi connectivity index (χ0n) is 8.71. The second-order valence-electron chi connectivity index (χ2n) is 3.10. The molecule has 0 amide bonds. The van der Waals surface area contributed by atoms with E-state index >= 15 is 0 Å². The number of nitro groups is 1. The molecule has 0 bridgehead atoms. The summed E-state index contributed by atoms with van der Waals surface area (Å²) in [6.45, 7) is 3.46. The first kappa shape index (κ1) is 12.0. The Kier molecular flexibility index (Phi) is 3.47. The molecule has 0 aliphatic heterocycles. The number of nitrogens with zero attached hydrogens (tertiary/aromatic N) is 1. The van der Waals surface area contributed by atoms with E-state index in [1.807, 2.05) is 0 Å². The maximum absolute atomic E-state index is 10.6. The molecule has 0 aliphatic carbocycles. The molecule has 0 fully saturated rings. The summed E-state index contributed by atoms with van der Waals surface area (Å²) in [5, 5.41) is 20.4. The number of methoxy groups -OCH3 is 1. The van der Waals surface area contributed by atoms with Crippen LogP contribution in [0.25, 0.3) is 0 Å². The van der Waals surface area contributed by atoms with Crippen molar-refractivity contribution in [1.82, 2.24) is 0 Å². The molecule has 16 heavy (non-hydrogen) atoms. The Bertz CT molecular complexity index is 431. The second kappa shape index (κ2) is 4.63. The van der Waals surface area contributed by atoms with E-state index in [2.05, 4.69) is 6.58 Å². The highest BCUT2D eigenvalue weighted by Gasteiger charge is 2.19. The molecule has 1 rings (SSSR count). The third kappa shape index (κ3) is 2.12. The Morgan fingerprint density at radius 1 is 1.69 bits per heavy atom. The summed E-state index contributed by atoms with van der Waals surface area (Å²) >= 11 is 0. The molecule has 1 aromatic carbocycles. The topological polar surface area (TPSA) is 98.6 Å². The number of hydrogen-bond acceptors (Lipinski definition) is 5. The van der Waals surface area contributed by atoms with Gasteiger partial charge in [0.1, 0.15) is 0 Å². The Labute approximate surface area is 92.1 Å². The minimum Gasteiger partial charge on any atom is -0.504 e. The van der Waals surface area contributed by atoms with E-state index < -0.39 is 11.0 Å². The highest BCUT2D eigenvalue weighted by molar-refractivity contribution is 5.55. The monoisotopic (exact) mass is 224 g/mol. The molecule has 6 nitrogen and oxygen atoms in total. The van der Waals surface area contributed by atoms with E-state index in [1.165, 1.54) is 19.3 Å². The van der Waals surface area contributed by atoms with Gasteiger partial charge in [0.25, 0.3) is 5.69 Å². The van der Waals surface area contributed by atoms with E-state index in [-0.39, 0.29) is 22.7 Å². The predicted molar refractivity (Wildman–Crippen MR) is 58.4 cm³/mol. The summed E-state index contributed by atoms with van der Waals surface area (Å²) < 4.78 is 4.83. The fraction of sp³-hybridized carbons (Fsp3) is 0.200. The first-order valence-corrected chi connectivity index (χ1v) is 4.44. The average Bonchev–Trinajstić information content (AvgIpc) is 2.28. The molecule has 0 aromatic heterocycles. The van der Waals surface area contributed by atoms with Gasteiger partial charge < -0.3 is 15.6 Å². The summed E-state index contributed by atoms with van der Waals surface area (Å²) in [5.41, 5.74) is 5.65. The van der Waals surface area contributed by atoms with Crippen molar-refractivity contribution < 1.29 is 14.8 Å². The standard InChI is InChI=1S/C10H12N2O4/c1-3-8(11)7-4-6(12(14)15)5-9(16-2)10(7)13/h3-5,8,13H,1,11H2,2H3/t8-/m1/s1. The lowest BCUT2D eigenvalue weighted by atomic mass is 10.1. The maximum atomic E-state index is 10.6. The third-order valence-electron chi connectivity index (χ3n) is 2.13. The number of phenolic OH excluding ortho intramolecular Hbond substituents is 1. The first-order valence-electron chi connectivity index (χ1n) is 4.44. The fourth-order valence-corrected chi connectivity index (χ4v) is 1.26. The minimum atomic E-state index is -0.686. The molecular formula is C10H12N2O4. The second-order valence-corrected chi connectivity index (χ2v) is 3.10. The molecular weight excluding hydrogens is 212 g/mol. The van der Waals surface area contributed by atoms with Crippen LogP contribution in [0.15, 0.2) is 24.8 Å². The van der Waals surface area contributed by atoms with E-state index in [4.69, 9.17) is 10.5 Å². The Hall–Kier alpha value is -2.08. The number of rotatable bonds is 4. The number of ether oxygens (including phenoxy) is 1. The van der Waals surface area contributed by atoms with Gasteiger partial charge in [0.2, 0.25) is 0 Å². The zero-order valence-corrected chi connectivity index (χ0v) is 8.71. The Morgan fingerprint density at radius 3 is 2.75 bits per heavy atom. The van der Waals surface area contributed by atoms with Crippen LogP contribution < -0.4 is 10.5 Å². The van der Waals surface area contributed by atoms with Gasteiger partial charge in [-0.05, 0) is 0 Å². The van der Waals surface area contributed by atoms with Crippen molar-refractivity contribution in [3.63, 3.8) is 0 Å². The van der Waals surface area contributed by atoms with E-state index in [1.54, 1.807) is 0 Å². The molecule has 0 heterocycles. The van der Waals surface area contributed by atoms with Gasteiger partial charge in [-0.15, -0.1) is 6.58 Å². The van der Waals surface area contributed by atoms with Crippen LogP contribution >= 0.6 is 0 Å². The quantitative estimate of drug-likeness (QED) is 0.458. The van der Waals surface area contributed by atoms with Crippen LogP contribution in [0, 0.1) is 10.1 Å². The molecule has 86 valence electrons. The number of non-ortho nitro benzene ring substituents is 1. The smallest absolute Gasteiger partial charge is 0.273 e. The number of aromatic hydroxyl groups is 1. The molecule has 1 aromatic rings. The van der Waals surface area contributed by atoms with Crippen molar-refractivity contribution in [1.29, 1.82) is 0 Å². The first-order chi connectivity index (χ1) is 7.51. The van der Waals surface area contributed by atoms with Crippen LogP contribution in [-0.2, 0) is 0 Å². The van der Waals surface area contributed by atoms with Crippen molar-refractivity contribution in [2.45, 2.75) is 6.04 Å². The number of nitro benzene ring substituents is 1. The van der Waals surface area contributed by atoms with Gasteiger partial charge in [-0.3, -0.25) is 10.1 Å². The van der Waals surface area contributed by atoms with Gasteiger partial charge in [0.05, 0.1) is 24.1 Å². The van der Waals surface area contributed by atoms with Crippen molar-refractivity contribution in [3.8, 4) is 11.5 Å². The summed E-state index contributed by atoms with van der Waals surface area (Å²) in [6.07, 6.45) is 1.37. The predicted octanol–water partition coefficient (Wildman–Crippen LogP) is 1.49. The Balaban J connectivity index is 3.40. The molecule has 0 spiro atoms. The summed E-state index contributed by atoms with van der Waals surface area (Å²) in [6, 6.07) is 1.65. The molecule has 1 atom stereocenters. The summed E-state index contributed by atoms with van der Waals surface area (Å²) in [7, 11) is 1.31. The lowest BCUT2D eigenvalue weighted by Crippen LogP contribution is -2.08. The molecule has 0 saturated carbocycles. The number of hydrogen-bond donors (Lipinski definition) is 2. The van der Waals surface area contributed by atoms with Crippen molar-refractivity contribution in [2.75, 3.05) is 7.11 Å². The molecule has 6 heteroatoms. The number of nitrogens with two attached hydrogens (primary N) is 1. The maximum Gasteiger partial charge on any atom is 0.273 e. The van der Waals surface area contributed by atoms with E-state index in [0.717, 1.165) is 6.07 Å². The molecule has 0 saturated heterocycles. The van der Waals surface area contributed by atoms with Crippen LogP contribution in [0.3, 0.4) is 0 Å². The van der Waals surface area contributed by atoms with Crippen molar-refractivity contribution >= 4 is 5.69 Å². The van der Waals surface area contributed by atoms with Crippen LogP contribution in [0.4, 0.5) is 5.69 Å². The van der Waals surface area contributed by atoms with Crippen LogP contribution in [-0.4, -0.2) is 17.1 Å². The highest BCUT2D eigenvalue weighted by Crippen LogP contribution is 2.37. The SMILES string of the molecule is C=C[C@@H](N)c1cc([N+](=O)[O-])cc(OC)c1O. The number of benzene rings is 1.